The molecule has 120 valence electrons. The van der Waals surface area contributed by atoms with Crippen molar-refractivity contribution < 1.29 is 8.42 Å². The molecule has 5 nitrogen and oxygen atoms in total. The molecule has 1 aromatic heterocycles. The second-order valence-electron chi connectivity index (χ2n) is 6.82. The number of rotatable bonds is 4. The first-order valence-corrected chi connectivity index (χ1v) is 8.98. The lowest BCUT2D eigenvalue weighted by Crippen LogP contribution is -2.14. The molecule has 1 heterocycles. The predicted octanol–water partition coefficient (Wildman–Crippen LogP) is 3.13. The molecule has 0 saturated carbocycles. The van der Waals surface area contributed by atoms with E-state index in [0.29, 0.717) is 0 Å². The maximum absolute atomic E-state index is 12.5. The Morgan fingerprint density at radius 1 is 1.14 bits per heavy atom. The Hall–Kier alpha value is -1.69. The number of aromatic nitrogens is 3. The van der Waals surface area contributed by atoms with Crippen LogP contribution < -0.4 is 0 Å². The van der Waals surface area contributed by atoms with Crippen LogP contribution in [-0.4, -0.2) is 23.2 Å². The topological polar surface area (TPSA) is 64.8 Å². The molecule has 0 aliphatic heterocycles. The number of hydrogen-bond acceptors (Lipinski definition) is 4. The predicted molar refractivity (Wildman–Crippen MR) is 86.4 cm³/mol. The molecule has 0 bridgehead atoms. The molecule has 0 amide bonds. The summed E-state index contributed by atoms with van der Waals surface area (Å²) in [7, 11) is -3.50. The lowest BCUT2D eigenvalue weighted by Gasteiger charge is -2.19. The molecule has 0 spiro atoms. The van der Waals surface area contributed by atoms with E-state index in [0.717, 1.165) is 5.56 Å². The molecule has 2 rings (SSSR count). The van der Waals surface area contributed by atoms with Crippen molar-refractivity contribution in [3.8, 4) is 0 Å². The molecule has 0 saturated heterocycles. The highest BCUT2D eigenvalue weighted by molar-refractivity contribution is 7.90. The Morgan fingerprint density at radius 2 is 1.73 bits per heavy atom. The van der Waals surface area contributed by atoms with Crippen molar-refractivity contribution in [2.75, 3.05) is 0 Å². The van der Waals surface area contributed by atoms with Crippen molar-refractivity contribution in [3.63, 3.8) is 0 Å². The Morgan fingerprint density at radius 3 is 2.23 bits per heavy atom. The van der Waals surface area contributed by atoms with Gasteiger partial charge in [0.2, 0.25) is 15.0 Å². The summed E-state index contributed by atoms with van der Waals surface area (Å²) >= 11 is 0. The number of hydrogen-bond donors (Lipinski definition) is 0. The van der Waals surface area contributed by atoms with Crippen molar-refractivity contribution in [1.82, 2.24) is 14.8 Å². The SMILES string of the molecule is CC(C)n1cnnc1S(=O)(=O)Cc1ccc(C(C)(C)C)cc1. The molecule has 0 N–H and O–H groups in total. The van der Waals surface area contributed by atoms with Crippen LogP contribution >= 0.6 is 0 Å². The summed E-state index contributed by atoms with van der Waals surface area (Å²) in [6.45, 7) is 10.2. The smallest absolute Gasteiger partial charge is 0.250 e. The molecule has 0 atom stereocenters. The maximum atomic E-state index is 12.5. The van der Waals surface area contributed by atoms with Crippen LogP contribution in [0.4, 0.5) is 0 Å². The Balaban J connectivity index is 2.27. The molecule has 2 aromatic rings. The molecule has 0 fully saturated rings. The van der Waals surface area contributed by atoms with Crippen LogP contribution in [0.3, 0.4) is 0 Å². The van der Waals surface area contributed by atoms with E-state index in [9.17, 15) is 8.42 Å². The van der Waals surface area contributed by atoms with Crippen LogP contribution in [0.1, 0.15) is 51.8 Å². The molecule has 0 radical (unpaired) electrons. The minimum Gasteiger partial charge on any atom is -0.302 e. The minimum absolute atomic E-state index is 0.00282. The largest absolute Gasteiger partial charge is 0.302 e. The third kappa shape index (κ3) is 3.55. The summed E-state index contributed by atoms with van der Waals surface area (Å²) in [6.07, 6.45) is 1.46. The molecule has 0 unspecified atom stereocenters. The first-order valence-electron chi connectivity index (χ1n) is 7.33. The summed E-state index contributed by atoms with van der Waals surface area (Å²) in [4.78, 5) is 0. The van der Waals surface area contributed by atoms with Crippen molar-refractivity contribution in [2.24, 2.45) is 0 Å². The fraction of sp³-hybridized carbons (Fsp3) is 0.500. The molecular formula is C16H23N3O2S. The maximum Gasteiger partial charge on any atom is 0.250 e. The number of benzene rings is 1. The van der Waals surface area contributed by atoms with Crippen molar-refractivity contribution >= 4 is 9.84 Å². The number of nitrogens with zero attached hydrogens (tertiary/aromatic N) is 3. The summed E-state index contributed by atoms with van der Waals surface area (Å²) in [5.41, 5.74) is 1.99. The highest BCUT2D eigenvalue weighted by Gasteiger charge is 2.23. The van der Waals surface area contributed by atoms with E-state index in [1.165, 1.54) is 11.9 Å². The van der Waals surface area contributed by atoms with Crippen molar-refractivity contribution in [1.29, 1.82) is 0 Å². The van der Waals surface area contributed by atoms with E-state index >= 15 is 0 Å². The van der Waals surface area contributed by atoms with E-state index in [-0.39, 0.29) is 22.4 Å². The van der Waals surface area contributed by atoms with Crippen LogP contribution in [0.15, 0.2) is 35.7 Å². The van der Waals surface area contributed by atoms with Crippen LogP contribution in [0.2, 0.25) is 0 Å². The van der Waals surface area contributed by atoms with Crippen LogP contribution in [0.25, 0.3) is 0 Å². The lowest BCUT2D eigenvalue weighted by molar-refractivity contribution is 0.519. The summed E-state index contributed by atoms with van der Waals surface area (Å²) < 4.78 is 26.7. The van der Waals surface area contributed by atoms with Gasteiger partial charge in [-0.05, 0) is 30.4 Å². The van der Waals surface area contributed by atoms with E-state index < -0.39 is 9.84 Å². The fourth-order valence-electron chi connectivity index (χ4n) is 2.19. The van der Waals surface area contributed by atoms with Gasteiger partial charge in [-0.2, -0.15) is 0 Å². The third-order valence-electron chi connectivity index (χ3n) is 3.55. The molecule has 0 aliphatic carbocycles. The second-order valence-corrected chi connectivity index (χ2v) is 8.70. The van der Waals surface area contributed by atoms with Gasteiger partial charge in [0.05, 0.1) is 5.75 Å². The highest BCUT2D eigenvalue weighted by atomic mass is 32.2. The molecule has 0 aliphatic rings. The van der Waals surface area contributed by atoms with Gasteiger partial charge < -0.3 is 4.57 Å². The fourth-order valence-corrected chi connectivity index (χ4v) is 3.70. The Labute approximate surface area is 132 Å². The van der Waals surface area contributed by atoms with Gasteiger partial charge in [0.1, 0.15) is 6.33 Å². The van der Waals surface area contributed by atoms with Gasteiger partial charge in [0, 0.05) is 6.04 Å². The van der Waals surface area contributed by atoms with Crippen LogP contribution in [0, 0.1) is 0 Å². The van der Waals surface area contributed by atoms with Gasteiger partial charge in [-0.25, -0.2) is 8.42 Å². The molecule has 6 heteroatoms. The number of sulfone groups is 1. The highest BCUT2D eigenvalue weighted by Crippen LogP contribution is 2.23. The minimum atomic E-state index is -3.50. The summed E-state index contributed by atoms with van der Waals surface area (Å²) in [5, 5.41) is 7.55. The van der Waals surface area contributed by atoms with Crippen molar-refractivity contribution in [3.05, 3.63) is 41.7 Å². The zero-order chi connectivity index (χ0) is 16.5. The molecule has 22 heavy (non-hydrogen) atoms. The lowest BCUT2D eigenvalue weighted by atomic mass is 9.87. The Bertz CT molecular complexity index is 738. The van der Waals surface area contributed by atoms with Gasteiger partial charge in [0.25, 0.3) is 0 Å². The molecular weight excluding hydrogens is 298 g/mol. The quantitative estimate of drug-likeness (QED) is 0.868. The van der Waals surface area contributed by atoms with E-state index in [1.54, 1.807) is 4.57 Å². The van der Waals surface area contributed by atoms with Gasteiger partial charge >= 0.3 is 0 Å². The third-order valence-corrected chi connectivity index (χ3v) is 5.11. The monoisotopic (exact) mass is 321 g/mol. The standard InChI is InChI=1S/C16H23N3O2S/c1-12(2)19-11-17-18-15(19)22(20,21)10-13-6-8-14(9-7-13)16(3,4)5/h6-9,11-12H,10H2,1-5H3. The zero-order valence-electron chi connectivity index (χ0n) is 13.7. The zero-order valence-corrected chi connectivity index (χ0v) is 14.6. The van der Waals surface area contributed by atoms with Crippen molar-refractivity contribution in [2.45, 2.75) is 57.0 Å². The van der Waals surface area contributed by atoms with Gasteiger partial charge in [-0.1, -0.05) is 45.0 Å². The molecule has 1 aromatic carbocycles. The first kappa shape index (κ1) is 16.7. The summed E-state index contributed by atoms with van der Waals surface area (Å²) in [6, 6.07) is 7.71. The Kier molecular flexibility index (Phi) is 4.42. The van der Waals surface area contributed by atoms with E-state index in [2.05, 4.69) is 31.0 Å². The average Bonchev–Trinajstić information content (AvgIpc) is 2.88. The van der Waals surface area contributed by atoms with Gasteiger partial charge in [-0.15, -0.1) is 10.2 Å². The van der Waals surface area contributed by atoms with E-state index in [4.69, 9.17) is 0 Å². The summed E-state index contributed by atoms with van der Waals surface area (Å²) in [5.74, 6) is -0.0666. The van der Waals surface area contributed by atoms with Gasteiger partial charge in [0.15, 0.2) is 0 Å². The second kappa shape index (κ2) is 5.83. The van der Waals surface area contributed by atoms with E-state index in [1.807, 2.05) is 38.1 Å². The first-order chi connectivity index (χ1) is 10.1. The average molecular weight is 321 g/mol. The normalized spacial score (nSPS) is 12.8. The van der Waals surface area contributed by atoms with Crippen LogP contribution in [0.5, 0.6) is 0 Å². The van der Waals surface area contributed by atoms with Crippen LogP contribution in [-0.2, 0) is 21.0 Å². The van der Waals surface area contributed by atoms with Gasteiger partial charge in [-0.3, -0.25) is 0 Å².